The highest BCUT2D eigenvalue weighted by molar-refractivity contribution is 6.07. The smallest absolute Gasteiger partial charge is 0.287 e. The zero-order chi connectivity index (χ0) is 24.7. The Kier molecular flexibility index (Phi) is 6.42. The van der Waals surface area contributed by atoms with E-state index in [1.165, 1.54) is 0 Å². The Morgan fingerprint density at radius 2 is 1.76 bits per heavy atom. The van der Waals surface area contributed by atoms with Crippen LogP contribution in [0.5, 0.6) is 0 Å². The van der Waals surface area contributed by atoms with E-state index in [-0.39, 0.29) is 28.9 Å². The van der Waals surface area contributed by atoms with Crippen LogP contribution in [0.3, 0.4) is 0 Å². The first-order valence-electron chi connectivity index (χ1n) is 12.1. The van der Waals surface area contributed by atoms with Gasteiger partial charge in [0.15, 0.2) is 5.76 Å². The summed E-state index contributed by atoms with van der Waals surface area (Å²) in [5, 5.41) is 11.3. The quantitative estimate of drug-likeness (QED) is 0.584. The van der Waals surface area contributed by atoms with Crippen LogP contribution in [-0.2, 0) is 6.42 Å². The molecular formula is C27H36N4O3. The molecule has 3 N–H and O–H groups in total. The van der Waals surface area contributed by atoms with Crippen molar-refractivity contribution >= 4 is 17.5 Å². The van der Waals surface area contributed by atoms with Crippen molar-refractivity contribution in [2.45, 2.75) is 90.8 Å². The molecule has 0 radical (unpaired) electrons. The summed E-state index contributed by atoms with van der Waals surface area (Å²) in [5.41, 5.74) is 6.53. The number of piperidine rings is 1. The number of amides is 2. The maximum Gasteiger partial charge on any atom is 0.287 e. The molecule has 1 fully saturated rings. The largest absolute Gasteiger partial charge is 0.455 e. The molecule has 0 spiro atoms. The van der Waals surface area contributed by atoms with Crippen LogP contribution in [0.4, 0.5) is 0 Å². The van der Waals surface area contributed by atoms with Gasteiger partial charge in [-0.05, 0) is 79.4 Å². The van der Waals surface area contributed by atoms with Crippen LogP contribution >= 0.6 is 0 Å². The number of carbonyl (C=O) groups excluding carboxylic acids is 2. The Morgan fingerprint density at radius 1 is 1.06 bits per heavy atom. The van der Waals surface area contributed by atoms with Gasteiger partial charge in [0.05, 0.1) is 5.71 Å². The van der Waals surface area contributed by atoms with Gasteiger partial charge in [-0.2, -0.15) is 5.10 Å². The fourth-order valence-electron chi connectivity index (χ4n) is 5.64. The molecule has 2 aliphatic rings. The summed E-state index contributed by atoms with van der Waals surface area (Å²) in [4.78, 5) is 25.8. The summed E-state index contributed by atoms with van der Waals surface area (Å²) in [6.45, 7) is 12.5. The molecular weight excluding hydrogens is 428 g/mol. The monoisotopic (exact) mass is 464 g/mol. The molecule has 1 aromatic carbocycles. The predicted octanol–water partition coefficient (Wildman–Crippen LogP) is 4.41. The lowest BCUT2D eigenvalue weighted by Crippen LogP contribution is -2.62. The summed E-state index contributed by atoms with van der Waals surface area (Å²) in [7, 11) is 0. The number of hydrogen-bond donors (Lipinski definition) is 3. The van der Waals surface area contributed by atoms with Crippen LogP contribution < -0.4 is 16.1 Å². The predicted molar refractivity (Wildman–Crippen MR) is 133 cm³/mol. The normalized spacial score (nSPS) is 20.6. The van der Waals surface area contributed by atoms with Crippen molar-refractivity contribution in [1.29, 1.82) is 0 Å². The number of carbonyl (C=O) groups is 2. The van der Waals surface area contributed by atoms with E-state index >= 15 is 0 Å². The Hall–Kier alpha value is -2.93. The number of aryl methyl sites for hydroxylation is 2. The molecule has 0 bridgehead atoms. The summed E-state index contributed by atoms with van der Waals surface area (Å²) < 4.78 is 6.06. The average molecular weight is 465 g/mol. The Bertz CT molecular complexity index is 1130. The second-order valence-corrected chi connectivity index (χ2v) is 11.0. The second kappa shape index (κ2) is 9.02. The van der Waals surface area contributed by atoms with E-state index in [9.17, 15) is 9.59 Å². The van der Waals surface area contributed by atoms with Crippen molar-refractivity contribution in [2.24, 2.45) is 5.10 Å². The third-order valence-corrected chi connectivity index (χ3v) is 6.63. The van der Waals surface area contributed by atoms with Crippen LogP contribution in [-0.4, -0.2) is 34.6 Å². The Labute approximate surface area is 201 Å². The van der Waals surface area contributed by atoms with E-state index in [0.29, 0.717) is 11.3 Å². The van der Waals surface area contributed by atoms with Crippen molar-refractivity contribution in [1.82, 2.24) is 16.1 Å². The Balaban J connectivity index is 1.52. The van der Waals surface area contributed by atoms with Crippen LogP contribution in [0.25, 0.3) is 0 Å². The number of fused-ring (bicyclic) bond motifs is 1. The van der Waals surface area contributed by atoms with E-state index in [2.05, 4.69) is 48.9 Å². The third-order valence-electron chi connectivity index (χ3n) is 6.63. The number of nitrogens with one attached hydrogen (secondary N) is 3. The van der Waals surface area contributed by atoms with Gasteiger partial charge in [0.25, 0.3) is 11.8 Å². The summed E-state index contributed by atoms with van der Waals surface area (Å²) >= 11 is 0. The number of hydrogen-bond acceptors (Lipinski definition) is 5. The zero-order valence-electron chi connectivity index (χ0n) is 21.1. The lowest BCUT2D eigenvalue weighted by atomic mass is 9.79. The molecule has 0 unspecified atom stereocenters. The van der Waals surface area contributed by atoms with E-state index in [4.69, 9.17) is 4.42 Å². The molecule has 1 aromatic heterocycles. The minimum atomic E-state index is -0.251. The van der Waals surface area contributed by atoms with E-state index < -0.39 is 0 Å². The van der Waals surface area contributed by atoms with Gasteiger partial charge in [-0.3, -0.25) is 9.59 Å². The van der Waals surface area contributed by atoms with Crippen LogP contribution in [0.15, 0.2) is 33.8 Å². The van der Waals surface area contributed by atoms with Crippen molar-refractivity contribution in [3.63, 3.8) is 0 Å². The summed E-state index contributed by atoms with van der Waals surface area (Å²) in [6.07, 6.45) is 4.02. The van der Waals surface area contributed by atoms with Gasteiger partial charge in [-0.25, -0.2) is 5.43 Å². The lowest BCUT2D eigenvalue weighted by molar-refractivity contribution is 0.0842. The maximum atomic E-state index is 13.2. The fraction of sp³-hybridized carbons (Fsp3) is 0.519. The van der Waals surface area contributed by atoms with E-state index in [1.807, 2.05) is 32.0 Å². The van der Waals surface area contributed by atoms with Gasteiger partial charge in [0.2, 0.25) is 0 Å². The molecule has 0 saturated carbocycles. The molecule has 0 atom stereocenters. The molecule has 2 amide bonds. The lowest BCUT2D eigenvalue weighted by Gasteiger charge is -2.46. The van der Waals surface area contributed by atoms with Gasteiger partial charge < -0.3 is 15.1 Å². The SMILES string of the molecule is Cc1cccc(C(=O)N/N=C2\CCCc3oc(C(=O)NC4CC(C)(C)NC(C)(C)C4)c(C)c32)c1. The number of furan rings is 1. The highest BCUT2D eigenvalue weighted by Crippen LogP contribution is 2.32. The topological polar surface area (TPSA) is 95.7 Å². The fourth-order valence-corrected chi connectivity index (χ4v) is 5.64. The summed E-state index contributed by atoms with van der Waals surface area (Å²) in [6, 6.07) is 7.46. The minimum absolute atomic E-state index is 0.0574. The van der Waals surface area contributed by atoms with Crippen molar-refractivity contribution in [2.75, 3.05) is 0 Å². The molecule has 1 aliphatic heterocycles. The van der Waals surface area contributed by atoms with Crippen molar-refractivity contribution in [3.8, 4) is 0 Å². The van der Waals surface area contributed by atoms with Gasteiger partial charge in [-0.1, -0.05) is 17.7 Å². The molecule has 182 valence electrons. The first-order valence-corrected chi connectivity index (χ1v) is 12.1. The third kappa shape index (κ3) is 5.25. The standard InChI is InChI=1S/C27H36N4O3/c1-16-9-7-10-18(13-16)24(32)30-29-20-11-8-12-21-22(20)17(2)23(34-21)25(33)28-19-14-26(3,4)31-27(5,6)15-19/h7,9-10,13,19,31H,8,11-12,14-15H2,1-6H3,(H,28,33)(H,30,32)/b29-20+. The van der Waals surface area contributed by atoms with Crippen molar-refractivity contribution in [3.05, 3.63) is 58.0 Å². The van der Waals surface area contributed by atoms with Gasteiger partial charge in [0.1, 0.15) is 5.76 Å². The van der Waals surface area contributed by atoms with Gasteiger partial charge in [0, 0.05) is 40.2 Å². The van der Waals surface area contributed by atoms with Crippen molar-refractivity contribution < 1.29 is 14.0 Å². The molecule has 7 heteroatoms. The number of hydrazone groups is 1. The van der Waals surface area contributed by atoms with Gasteiger partial charge >= 0.3 is 0 Å². The molecule has 4 rings (SSSR count). The molecule has 7 nitrogen and oxygen atoms in total. The number of nitrogens with zero attached hydrogens (tertiary/aromatic N) is 1. The number of rotatable bonds is 4. The first-order chi connectivity index (χ1) is 15.9. The average Bonchev–Trinajstić information content (AvgIpc) is 3.07. The first kappa shape index (κ1) is 24.2. The molecule has 1 aliphatic carbocycles. The molecule has 34 heavy (non-hydrogen) atoms. The van der Waals surface area contributed by atoms with Crippen LogP contribution in [0.2, 0.25) is 0 Å². The van der Waals surface area contributed by atoms with E-state index in [1.54, 1.807) is 6.07 Å². The highest BCUT2D eigenvalue weighted by Gasteiger charge is 2.39. The van der Waals surface area contributed by atoms with Crippen LogP contribution in [0, 0.1) is 13.8 Å². The van der Waals surface area contributed by atoms with Gasteiger partial charge in [-0.15, -0.1) is 0 Å². The number of benzene rings is 1. The zero-order valence-corrected chi connectivity index (χ0v) is 21.1. The minimum Gasteiger partial charge on any atom is -0.455 e. The maximum absolute atomic E-state index is 13.2. The Morgan fingerprint density at radius 3 is 2.44 bits per heavy atom. The highest BCUT2D eigenvalue weighted by atomic mass is 16.4. The van der Waals surface area contributed by atoms with E-state index in [0.717, 1.165) is 60.3 Å². The molecule has 1 saturated heterocycles. The molecule has 2 aromatic rings. The van der Waals surface area contributed by atoms with Crippen LogP contribution in [0.1, 0.15) is 96.7 Å². The second-order valence-electron chi connectivity index (χ2n) is 11.0. The molecule has 2 heterocycles. The summed E-state index contributed by atoms with van der Waals surface area (Å²) in [5.74, 6) is 0.675.